The summed E-state index contributed by atoms with van der Waals surface area (Å²) in [7, 11) is -4.29. The molecule has 202 valence electrons. The maximum absolute atomic E-state index is 13.8. The predicted octanol–water partition coefficient (Wildman–Crippen LogP) is 7.11. The van der Waals surface area contributed by atoms with E-state index in [9.17, 15) is 18.0 Å². The maximum atomic E-state index is 13.8. The fraction of sp³-hybridized carbons (Fsp3) is 0.200. The second kappa shape index (κ2) is 11.4. The minimum atomic E-state index is -4.29. The van der Waals surface area contributed by atoms with Gasteiger partial charge >= 0.3 is 5.97 Å². The molecule has 9 heteroatoms. The molecule has 0 unspecified atom stereocenters. The van der Waals surface area contributed by atoms with Crippen LogP contribution in [0.25, 0.3) is 10.8 Å². The van der Waals surface area contributed by atoms with Gasteiger partial charge in [-0.1, -0.05) is 77.8 Å². The van der Waals surface area contributed by atoms with Crippen molar-refractivity contribution >= 4 is 61.4 Å². The fourth-order valence-corrected chi connectivity index (χ4v) is 6.28. The number of rotatable bonds is 8. The zero-order valence-corrected chi connectivity index (χ0v) is 24.0. The first-order valence-corrected chi connectivity index (χ1v) is 14.3. The number of fused-ring (bicyclic) bond motifs is 1. The molecule has 0 saturated carbocycles. The van der Waals surface area contributed by atoms with Crippen molar-refractivity contribution in [2.75, 3.05) is 10.8 Å². The number of ketones is 1. The summed E-state index contributed by atoms with van der Waals surface area (Å²) in [5.41, 5.74) is 0.817. The topological polar surface area (TPSA) is 80.8 Å². The number of hydrogen-bond acceptors (Lipinski definition) is 5. The summed E-state index contributed by atoms with van der Waals surface area (Å²) in [6, 6.07) is 23.5. The first kappa shape index (κ1) is 28.6. The van der Waals surface area contributed by atoms with E-state index in [0.717, 1.165) is 9.87 Å². The number of carbonyl (C=O) groups excluding carboxylic acids is 2. The normalized spacial score (nSPS) is 11.8. The highest BCUT2D eigenvalue weighted by molar-refractivity contribution is 7.92. The molecule has 0 fully saturated rings. The van der Waals surface area contributed by atoms with Gasteiger partial charge in [-0.2, -0.15) is 0 Å². The number of ether oxygens (including phenoxy) is 1. The summed E-state index contributed by atoms with van der Waals surface area (Å²) in [4.78, 5) is 25.8. The average Bonchev–Trinajstić information content (AvgIpc) is 2.85. The molecule has 0 spiro atoms. The Morgan fingerprint density at radius 3 is 2.15 bits per heavy atom. The molecule has 39 heavy (non-hydrogen) atoms. The quantitative estimate of drug-likeness (QED) is 0.163. The van der Waals surface area contributed by atoms with Crippen molar-refractivity contribution in [1.82, 2.24) is 0 Å². The Balaban J connectivity index is 1.77. The number of sulfonamides is 1. The van der Waals surface area contributed by atoms with Crippen LogP contribution in [0.2, 0.25) is 10.0 Å². The summed E-state index contributed by atoms with van der Waals surface area (Å²) >= 11 is 12.2. The van der Waals surface area contributed by atoms with E-state index in [1.807, 2.05) is 30.3 Å². The zero-order valence-electron chi connectivity index (χ0n) is 21.6. The molecular formula is C30H27Cl2NO5S. The Labute approximate surface area is 238 Å². The molecular weight excluding hydrogens is 557 g/mol. The van der Waals surface area contributed by atoms with Crippen molar-refractivity contribution in [3.8, 4) is 0 Å². The van der Waals surface area contributed by atoms with Gasteiger partial charge in [-0.3, -0.25) is 13.9 Å². The molecule has 0 heterocycles. The van der Waals surface area contributed by atoms with E-state index in [0.29, 0.717) is 16.3 Å². The number of benzene rings is 4. The lowest BCUT2D eigenvalue weighted by Gasteiger charge is -2.27. The highest BCUT2D eigenvalue weighted by atomic mass is 35.5. The van der Waals surface area contributed by atoms with Crippen molar-refractivity contribution in [3.05, 3.63) is 106 Å². The number of anilines is 1. The van der Waals surface area contributed by atoms with E-state index in [1.165, 1.54) is 18.2 Å². The summed E-state index contributed by atoms with van der Waals surface area (Å²) in [6.45, 7) is 4.52. The molecule has 4 rings (SSSR count). The second-order valence-electron chi connectivity index (χ2n) is 10.00. The van der Waals surface area contributed by atoms with Crippen LogP contribution in [-0.4, -0.2) is 32.3 Å². The minimum Gasteiger partial charge on any atom is -0.459 e. The largest absolute Gasteiger partial charge is 0.459 e. The summed E-state index contributed by atoms with van der Waals surface area (Å²) in [5.74, 6) is -0.794. The first-order valence-electron chi connectivity index (χ1n) is 12.1. The van der Waals surface area contributed by atoms with E-state index in [-0.39, 0.29) is 32.8 Å². The van der Waals surface area contributed by atoms with E-state index >= 15 is 0 Å². The molecule has 0 saturated heterocycles. The van der Waals surface area contributed by atoms with Gasteiger partial charge in [-0.05, 0) is 67.4 Å². The molecule has 4 aromatic carbocycles. The lowest BCUT2D eigenvalue weighted by molar-refractivity contribution is -0.152. The van der Waals surface area contributed by atoms with Crippen molar-refractivity contribution in [1.29, 1.82) is 0 Å². The minimum absolute atomic E-state index is 0.0636. The molecule has 0 N–H and O–H groups in total. The third-order valence-corrected chi connectivity index (χ3v) is 7.96. The molecule has 0 amide bonds. The summed E-state index contributed by atoms with van der Waals surface area (Å²) in [6.07, 6.45) is 0.233. The number of hydrogen-bond donors (Lipinski definition) is 0. The van der Waals surface area contributed by atoms with Crippen LogP contribution in [0.15, 0.2) is 89.8 Å². The second-order valence-corrected chi connectivity index (χ2v) is 12.7. The number of nitrogens with zero attached hydrogens (tertiary/aromatic N) is 1. The molecule has 6 nitrogen and oxygen atoms in total. The summed E-state index contributed by atoms with van der Waals surface area (Å²) < 4.78 is 34.0. The van der Waals surface area contributed by atoms with E-state index < -0.39 is 28.1 Å². The predicted molar refractivity (Wildman–Crippen MR) is 155 cm³/mol. The molecule has 0 bridgehead atoms. The van der Waals surface area contributed by atoms with Crippen LogP contribution < -0.4 is 4.31 Å². The van der Waals surface area contributed by atoms with E-state index in [4.69, 9.17) is 27.9 Å². The molecule has 0 atom stereocenters. The lowest BCUT2D eigenvalue weighted by Crippen LogP contribution is -2.39. The van der Waals surface area contributed by atoms with Gasteiger partial charge in [0.2, 0.25) is 0 Å². The number of halogens is 2. The molecule has 0 aliphatic carbocycles. The standard InChI is InChI=1S/C30H27Cl2NO5S/c1-30(2,3)38-29(35)19-33(39(36,37)25-17-22(31)16-23(32)18-25)24-12-13-26-21(15-24)10-7-11-27(26)28(34)14-20-8-5-4-6-9-20/h4-13,15-18H,14,19H2,1-3H3. The van der Waals surface area contributed by atoms with Crippen LogP contribution in [0.3, 0.4) is 0 Å². The van der Waals surface area contributed by atoms with Gasteiger partial charge in [0.1, 0.15) is 12.1 Å². The van der Waals surface area contributed by atoms with Gasteiger partial charge < -0.3 is 4.74 Å². The third kappa shape index (κ3) is 6.98. The SMILES string of the molecule is CC(C)(C)OC(=O)CN(c1ccc2c(C(=O)Cc3ccccc3)cccc2c1)S(=O)(=O)c1cc(Cl)cc(Cl)c1. The highest BCUT2D eigenvalue weighted by Crippen LogP contribution is 2.31. The Morgan fingerprint density at radius 2 is 1.51 bits per heavy atom. The van der Waals surface area contributed by atoms with Crippen LogP contribution in [0, 0.1) is 0 Å². The number of carbonyl (C=O) groups is 2. The van der Waals surface area contributed by atoms with Crippen LogP contribution in [-0.2, 0) is 26.0 Å². The first-order chi connectivity index (χ1) is 18.3. The monoisotopic (exact) mass is 583 g/mol. The van der Waals surface area contributed by atoms with Crippen LogP contribution in [0.5, 0.6) is 0 Å². The number of esters is 1. The van der Waals surface area contributed by atoms with Crippen molar-refractivity contribution in [2.45, 2.75) is 37.7 Å². The fourth-order valence-electron chi connectivity index (χ4n) is 4.16. The maximum Gasteiger partial charge on any atom is 0.327 e. The number of Topliss-reactive ketones (excluding diaryl/α,β-unsaturated/α-hetero) is 1. The molecule has 0 radical (unpaired) electrons. The molecule has 0 aromatic heterocycles. The smallest absolute Gasteiger partial charge is 0.327 e. The van der Waals surface area contributed by atoms with Crippen LogP contribution in [0.4, 0.5) is 5.69 Å². The van der Waals surface area contributed by atoms with Crippen molar-refractivity contribution in [2.24, 2.45) is 0 Å². The Kier molecular flexibility index (Phi) is 8.35. The van der Waals surface area contributed by atoms with Crippen LogP contribution in [0.1, 0.15) is 36.7 Å². The molecule has 4 aromatic rings. The van der Waals surface area contributed by atoms with Crippen LogP contribution >= 0.6 is 23.2 Å². The Bertz CT molecular complexity index is 1630. The van der Waals surface area contributed by atoms with Gasteiger partial charge in [0, 0.05) is 22.0 Å². The summed E-state index contributed by atoms with van der Waals surface area (Å²) in [5, 5.41) is 1.58. The molecule has 0 aliphatic rings. The van der Waals surface area contributed by atoms with E-state index in [2.05, 4.69) is 0 Å². The van der Waals surface area contributed by atoms with Gasteiger partial charge in [-0.25, -0.2) is 8.42 Å². The van der Waals surface area contributed by atoms with Gasteiger partial charge in [0.05, 0.1) is 10.6 Å². The Morgan fingerprint density at radius 1 is 0.846 bits per heavy atom. The van der Waals surface area contributed by atoms with Crippen molar-refractivity contribution in [3.63, 3.8) is 0 Å². The molecule has 0 aliphatic heterocycles. The highest BCUT2D eigenvalue weighted by Gasteiger charge is 2.30. The lowest BCUT2D eigenvalue weighted by atomic mass is 9.97. The average molecular weight is 585 g/mol. The van der Waals surface area contributed by atoms with Gasteiger partial charge in [0.25, 0.3) is 10.0 Å². The van der Waals surface area contributed by atoms with Gasteiger partial charge in [-0.15, -0.1) is 0 Å². The Hall–Kier alpha value is -3.39. The van der Waals surface area contributed by atoms with Gasteiger partial charge in [0.15, 0.2) is 5.78 Å². The van der Waals surface area contributed by atoms with E-state index in [1.54, 1.807) is 57.2 Å². The zero-order chi connectivity index (χ0) is 28.4. The van der Waals surface area contributed by atoms with Crippen molar-refractivity contribution < 1.29 is 22.7 Å². The third-order valence-electron chi connectivity index (χ3n) is 5.78.